The molecule has 0 aromatic carbocycles. The zero-order chi connectivity index (χ0) is 14.2. The van der Waals surface area contributed by atoms with Gasteiger partial charge in [-0.15, -0.1) is 23.5 Å². The molecular weight excluding hydrogens is 288 g/mol. The summed E-state index contributed by atoms with van der Waals surface area (Å²) in [4.78, 5) is 8.84. The zero-order valence-corrected chi connectivity index (χ0v) is 12.8. The molecule has 0 aliphatic heterocycles. The highest BCUT2D eigenvalue weighted by molar-refractivity contribution is 7.99. The summed E-state index contributed by atoms with van der Waals surface area (Å²) in [6, 6.07) is 8.17. The minimum atomic E-state index is 0.667. The lowest BCUT2D eigenvalue weighted by Gasteiger charge is -2.04. The standard InChI is InChI=1S/C14H18N4S2/c15-5-7-19-13-3-1-11(9-17-13)12-2-4-14(18-10-12)20-8-6-16/h1-4,9-10H,5-8,15-16H2. The Labute approximate surface area is 127 Å². The zero-order valence-electron chi connectivity index (χ0n) is 11.2. The molecule has 106 valence electrons. The van der Waals surface area contributed by atoms with Crippen molar-refractivity contribution in [2.24, 2.45) is 11.5 Å². The number of aromatic nitrogens is 2. The number of rotatable bonds is 7. The van der Waals surface area contributed by atoms with Crippen molar-refractivity contribution in [3.63, 3.8) is 0 Å². The van der Waals surface area contributed by atoms with E-state index in [1.807, 2.05) is 24.5 Å². The Kier molecular flexibility index (Phi) is 6.32. The normalized spacial score (nSPS) is 10.7. The average Bonchev–Trinajstić information content (AvgIpc) is 2.52. The maximum Gasteiger partial charge on any atom is 0.0960 e. The summed E-state index contributed by atoms with van der Waals surface area (Å²) >= 11 is 3.34. The second-order valence-corrected chi connectivity index (χ2v) is 6.27. The Hall–Kier alpha value is -1.08. The smallest absolute Gasteiger partial charge is 0.0960 e. The molecule has 2 rings (SSSR count). The Bertz CT molecular complexity index is 464. The third kappa shape index (κ3) is 4.49. The molecule has 0 aliphatic rings. The fourth-order valence-electron chi connectivity index (χ4n) is 1.60. The van der Waals surface area contributed by atoms with Gasteiger partial charge in [0.15, 0.2) is 0 Å². The molecule has 0 fully saturated rings. The van der Waals surface area contributed by atoms with Gasteiger partial charge in [0.1, 0.15) is 0 Å². The van der Waals surface area contributed by atoms with E-state index in [0.29, 0.717) is 13.1 Å². The van der Waals surface area contributed by atoms with Crippen LogP contribution in [0.4, 0.5) is 0 Å². The van der Waals surface area contributed by atoms with Gasteiger partial charge in [-0.3, -0.25) is 0 Å². The quantitative estimate of drug-likeness (QED) is 0.764. The van der Waals surface area contributed by atoms with Crippen LogP contribution in [0.1, 0.15) is 0 Å². The molecule has 0 bridgehead atoms. The molecule has 0 aliphatic carbocycles. The minimum absolute atomic E-state index is 0.667. The first-order chi connectivity index (χ1) is 9.83. The molecule has 0 unspecified atom stereocenters. The van der Waals surface area contributed by atoms with E-state index in [-0.39, 0.29) is 0 Å². The lowest BCUT2D eigenvalue weighted by Crippen LogP contribution is -2.01. The second-order valence-electron chi connectivity index (χ2n) is 4.04. The summed E-state index contributed by atoms with van der Waals surface area (Å²) in [7, 11) is 0. The maximum absolute atomic E-state index is 5.48. The highest BCUT2D eigenvalue weighted by atomic mass is 32.2. The van der Waals surface area contributed by atoms with E-state index in [4.69, 9.17) is 11.5 Å². The molecule has 0 atom stereocenters. The van der Waals surface area contributed by atoms with Crippen LogP contribution in [0, 0.1) is 0 Å². The van der Waals surface area contributed by atoms with E-state index in [9.17, 15) is 0 Å². The summed E-state index contributed by atoms with van der Waals surface area (Å²) in [5.74, 6) is 1.78. The van der Waals surface area contributed by atoms with Crippen molar-refractivity contribution in [1.29, 1.82) is 0 Å². The van der Waals surface area contributed by atoms with Crippen molar-refractivity contribution >= 4 is 23.5 Å². The van der Waals surface area contributed by atoms with E-state index in [1.54, 1.807) is 23.5 Å². The largest absolute Gasteiger partial charge is 0.330 e. The van der Waals surface area contributed by atoms with Crippen molar-refractivity contribution in [3.05, 3.63) is 36.7 Å². The number of nitrogens with two attached hydrogens (primary N) is 2. The van der Waals surface area contributed by atoms with Gasteiger partial charge in [0.05, 0.1) is 10.1 Å². The first-order valence-electron chi connectivity index (χ1n) is 6.41. The Morgan fingerprint density at radius 3 is 1.50 bits per heavy atom. The summed E-state index contributed by atoms with van der Waals surface area (Å²) < 4.78 is 0. The van der Waals surface area contributed by atoms with Crippen molar-refractivity contribution in [1.82, 2.24) is 9.97 Å². The monoisotopic (exact) mass is 306 g/mol. The molecule has 0 radical (unpaired) electrons. The molecule has 4 N–H and O–H groups in total. The first kappa shape index (κ1) is 15.3. The van der Waals surface area contributed by atoms with Crippen LogP contribution in [-0.2, 0) is 0 Å². The summed E-state index contributed by atoms with van der Waals surface area (Å²) in [6.07, 6.45) is 3.76. The van der Waals surface area contributed by atoms with Crippen LogP contribution in [0.25, 0.3) is 11.1 Å². The fourth-order valence-corrected chi connectivity index (χ4v) is 2.84. The summed E-state index contributed by atoms with van der Waals surface area (Å²) in [5.41, 5.74) is 13.1. The molecule has 20 heavy (non-hydrogen) atoms. The second kappa shape index (κ2) is 8.26. The number of pyridine rings is 2. The minimum Gasteiger partial charge on any atom is -0.330 e. The first-order valence-corrected chi connectivity index (χ1v) is 8.39. The number of nitrogens with zero attached hydrogens (tertiary/aromatic N) is 2. The van der Waals surface area contributed by atoms with Crippen LogP contribution >= 0.6 is 23.5 Å². The van der Waals surface area contributed by atoms with Gasteiger partial charge in [0.25, 0.3) is 0 Å². The predicted molar refractivity (Wildman–Crippen MR) is 87.0 cm³/mol. The molecule has 6 heteroatoms. The molecule has 0 saturated heterocycles. The van der Waals surface area contributed by atoms with Gasteiger partial charge in [0.2, 0.25) is 0 Å². The lowest BCUT2D eigenvalue weighted by molar-refractivity contribution is 1.10. The fraction of sp³-hybridized carbons (Fsp3) is 0.286. The SMILES string of the molecule is NCCSc1ccc(-c2ccc(SCCN)nc2)cn1. The Morgan fingerprint density at radius 1 is 0.750 bits per heavy atom. The van der Waals surface area contributed by atoms with Crippen LogP contribution in [-0.4, -0.2) is 34.6 Å². The van der Waals surface area contributed by atoms with Gasteiger partial charge in [-0.1, -0.05) is 12.1 Å². The molecule has 2 heterocycles. The van der Waals surface area contributed by atoms with E-state index < -0.39 is 0 Å². The van der Waals surface area contributed by atoms with Crippen LogP contribution in [0.15, 0.2) is 46.7 Å². The molecule has 0 amide bonds. The molecule has 0 spiro atoms. The number of hydrogen-bond acceptors (Lipinski definition) is 6. The Balaban J connectivity index is 2.03. The van der Waals surface area contributed by atoms with Crippen LogP contribution < -0.4 is 11.5 Å². The van der Waals surface area contributed by atoms with Gasteiger partial charge in [0, 0.05) is 48.1 Å². The summed E-state index contributed by atoms with van der Waals surface area (Å²) in [5, 5.41) is 2.00. The van der Waals surface area contributed by atoms with Gasteiger partial charge in [-0.2, -0.15) is 0 Å². The van der Waals surface area contributed by atoms with Crippen molar-refractivity contribution < 1.29 is 0 Å². The van der Waals surface area contributed by atoms with Gasteiger partial charge >= 0.3 is 0 Å². The highest BCUT2D eigenvalue weighted by Crippen LogP contribution is 2.23. The summed E-state index contributed by atoms with van der Waals surface area (Å²) in [6.45, 7) is 1.33. The maximum atomic E-state index is 5.48. The van der Waals surface area contributed by atoms with Crippen LogP contribution in [0.2, 0.25) is 0 Å². The molecule has 4 nitrogen and oxygen atoms in total. The number of thioether (sulfide) groups is 2. The third-order valence-electron chi connectivity index (χ3n) is 2.54. The van der Waals surface area contributed by atoms with Crippen LogP contribution in [0.3, 0.4) is 0 Å². The highest BCUT2D eigenvalue weighted by Gasteiger charge is 2.01. The molecular formula is C14H18N4S2. The molecule has 2 aromatic heterocycles. The average molecular weight is 306 g/mol. The van der Waals surface area contributed by atoms with Gasteiger partial charge < -0.3 is 11.5 Å². The van der Waals surface area contributed by atoms with E-state index in [0.717, 1.165) is 32.7 Å². The van der Waals surface area contributed by atoms with Crippen LogP contribution in [0.5, 0.6) is 0 Å². The third-order valence-corrected chi connectivity index (χ3v) is 4.50. The van der Waals surface area contributed by atoms with Crippen molar-refractivity contribution in [2.75, 3.05) is 24.6 Å². The van der Waals surface area contributed by atoms with Crippen molar-refractivity contribution in [3.8, 4) is 11.1 Å². The molecule has 0 saturated carbocycles. The van der Waals surface area contributed by atoms with Crippen molar-refractivity contribution in [2.45, 2.75) is 10.1 Å². The Morgan fingerprint density at radius 2 is 1.20 bits per heavy atom. The predicted octanol–water partition coefficient (Wildman–Crippen LogP) is 2.25. The number of hydrogen-bond donors (Lipinski definition) is 2. The van der Waals surface area contributed by atoms with E-state index in [2.05, 4.69) is 22.1 Å². The van der Waals surface area contributed by atoms with E-state index in [1.165, 1.54) is 0 Å². The van der Waals surface area contributed by atoms with Gasteiger partial charge in [-0.25, -0.2) is 9.97 Å². The topological polar surface area (TPSA) is 77.8 Å². The molecule has 2 aromatic rings. The van der Waals surface area contributed by atoms with Gasteiger partial charge in [-0.05, 0) is 12.1 Å². The van der Waals surface area contributed by atoms with E-state index >= 15 is 0 Å². The lowest BCUT2D eigenvalue weighted by atomic mass is 10.1.